The fourth-order valence-corrected chi connectivity index (χ4v) is 2.10. The van der Waals surface area contributed by atoms with Crippen molar-refractivity contribution in [2.75, 3.05) is 27.2 Å². The Kier molecular flexibility index (Phi) is 5.91. The first kappa shape index (κ1) is 15.6. The Morgan fingerprint density at radius 2 is 2.16 bits per heavy atom. The molecule has 0 spiro atoms. The van der Waals surface area contributed by atoms with Gasteiger partial charge in [0.05, 0.1) is 4.92 Å². The van der Waals surface area contributed by atoms with Crippen molar-refractivity contribution in [1.82, 2.24) is 10.2 Å². The zero-order chi connectivity index (χ0) is 14.4. The van der Waals surface area contributed by atoms with Gasteiger partial charge in [-0.15, -0.1) is 0 Å². The largest absolute Gasteiger partial charge is 0.342 e. The van der Waals surface area contributed by atoms with Crippen LogP contribution in [0.3, 0.4) is 0 Å². The number of non-ortho nitro benzene ring substituents is 1. The molecule has 0 fully saturated rings. The SMILES string of the molecule is CNCCCN(C)C(=O)c1cc(Br)cc([N+](=O)[O-])c1. The van der Waals surface area contributed by atoms with Gasteiger partial charge in [0.25, 0.3) is 11.6 Å². The van der Waals surface area contributed by atoms with Crippen molar-refractivity contribution in [3.05, 3.63) is 38.3 Å². The van der Waals surface area contributed by atoms with E-state index in [4.69, 9.17) is 0 Å². The van der Waals surface area contributed by atoms with E-state index in [2.05, 4.69) is 21.2 Å². The van der Waals surface area contributed by atoms with E-state index in [0.29, 0.717) is 16.6 Å². The maximum atomic E-state index is 12.1. The van der Waals surface area contributed by atoms with Gasteiger partial charge in [-0.2, -0.15) is 0 Å². The van der Waals surface area contributed by atoms with Crippen LogP contribution < -0.4 is 5.32 Å². The number of hydrogen-bond donors (Lipinski definition) is 1. The quantitative estimate of drug-likeness (QED) is 0.492. The van der Waals surface area contributed by atoms with E-state index >= 15 is 0 Å². The van der Waals surface area contributed by atoms with Gasteiger partial charge in [-0.05, 0) is 26.1 Å². The first-order chi connectivity index (χ1) is 8.95. The monoisotopic (exact) mass is 329 g/mol. The number of nitrogens with zero attached hydrogens (tertiary/aromatic N) is 2. The highest BCUT2D eigenvalue weighted by Gasteiger charge is 2.16. The van der Waals surface area contributed by atoms with Gasteiger partial charge in [-0.1, -0.05) is 15.9 Å². The first-order valence-electron chi connectivity index (χ1n) is 5.80. The Labute approximate surface area is 120 Å². The minimum absolute atomic E-state index is 0.0960. The van der Waals surface area contributed by atoms with Crippen LogP contribution in [0.5, 0.6) is 0 Å². The van der Waals surface area contributed by atoms with E-state index in [-0.39, 0.29) is 11.6 Å². The van der Waals surface area contributed by atoms with Crippen molar-refractivity contribution in [1.29, 1.82) is 0 Å². The van der Waals surface area contributed by atoms with Crippen LogP contribution in [0.2, 0.25) is 0 Å². The van der Waals surface area contributed by atoms with Gasteiger partial charge in [0.2, 0.25) is 0 Å². The van der Waals surface area contributed by atoms with Crippen LogP contribution in [0.4, 0.5) is 5.69 Å². The van der Waals surface area contributed by atoms with E-state index in [0.717, 1.165) is 13.0 Å². The number of carbonyl (C=O) groups excluding carboxylic acids is 1. The zero-order valence-electron chi connectivity index (χ0n) is 10.9. The van der Waals surface area contributed by atoms with Crippen LogP contribution >= 0.6 is 15.9 Å². The molecule has 0 atom stereocenters. The third kappa shape index (κ3) is 4.60. The lowest BCUT2D eigenvalue weighted by Gasteiger charge is -2.17. The number of nitrogens with one attached hydrogen (secondary N) is 1. The molecule has 0 radical (unpaired) electrons. The summed E-state index contributed by atoms with van der Waals surface area (Å²) < 4.78 is 0.522. The molecule has 0 saturated carbocycles. The van der Waals surface area contributed by atoms with Gasteiger partial charge in [-0.25, -0.2) is 0 Å². The Bertz CT molecular complexity index is 479. The standard InChI is InChI=1S/C12H16BrN3O3/c1-14-4-3-5-15(2)12(17)9-6-10(13)8-11(7-9)16(18)19/h6-8,14H,3-5H2,1-2H3. The molecule has 0 unspecified atom stereocenters. The summed E-state index contributed by atoms with van der Waals surface area (Å²) in [5, 5.41) is 13.8. The number of benzene rings is 1. The Balaban J connectivity index is 2.84. The van der Waals surface area contributed by atoms with Crippen LogP contribution in [-0.2, 0) is 0 Å². The average Bonchev–Trinajstić information content (AvgIpc) is 2.37. The van der Waals surface area contributed by atoms with Gasteiger partial charge in [0.1, 0.15) is 0 Å². The molecule has 1 N–H and O–H groups in total. The van der Waals surface area contributed by atoms with E-state index in [9.17, 15) is 14.9 Å². The normalized spacial score (nSPS) is 10.3. The molecular formula is C12H16BrN3O3. The van der Waals surface area contributed by atoms with Gasteiger partial charge in [0, 0.05) is 35.8 Å². The van der Waals surface area contributed by atoms with Crippen LogP contribution in [0.25, 0.3) is 0 Å². The molecule has 1 amide bonds. The Morgan fingerprint density at radius 3 is 2.74 bits per heavy atom. The molecule has 0 aliphatic carbocycles. The molecule has 0 saturated heterocycles. The third-order valence-electron chi connectivity index (χ3n) is 2.61. The second-order valence-electron chi connectivity index (χ2n) is 4.14. The summed E-state index contributed by atoms with van der Waals surface area (Å²) in [6.45, 7) is 1.41. The summed E-state index contributed by atoms with van der Waals surface area (Å²) >= 11 is 3.18. The second-order valence-corrected chi connectivity index (χ2v) is 5.05. The van der Waals surface area contributed by atoms with E-state index in [1.54, 1.807) is 18.0 Å². The summed E-state index contributed by atoms with van der Waals surface area (Å²) in [5.41, 5.74) is 0.217. The smallest absolute Gasteiger partial charge is 0.271 e. The maximum absolute atomic E-state index is 12.1. The lowest BCUT2D eigenvalue weighted by atomic mass is 10.2. The van der Waals surface area contributed by atoms with Crippen molar-refractivity contribution < 1.29 is 9.72 Å². The maximum Gasteiger partial charge on any atom is 0.271 e. The Morgan fingerprint density at radius 1 is 1.47 bits per heavy atom. The summed E-state index contributed by atoms with van der Waals surface area (Å²) in [6, 6.07) is 4.25. The molecule has 6 nitrogen and oxygen atoms in total. The minimum Gasteiger partial charge on any atom is -0.342 e. The molecule has 0 aromatic heterocycles. The number of nitro benzene ring substituents is 1. The predicted molar refractivity (Wildman–Crippen MR) is 76.3 cm³/mol. The van der Waals surface area contributed by atoms with Crippen molar-refractivity contribution in [2.24, 2.45) is 0 Å². The van der Waals surface area contributed by atoms with Crippen LogP contribution in [0.15, 0.2) is 22.7 Å². The summed E-state index contributed by atoms with van der Waals surface area (Å²) in [5.74, 6) is -0.222. The topological polar surface area (TPSA) is 75.5 Å². The Hall–Kier alpha value is -1.47. The lowest BCUT2D eigenvalue weighted by molar-refractivity contribution is -0.385. The molecule has 0 aliphatic rings. The number of rotatable bonds is 6. The van der Waals surface area contributed by atoms with Gasteiger partial charge in [-0.3, -0.25) is 14.9 Å². The number of carbonyl (C=O) groups is 1. The molecule has 1 rings (SSSR count). The molecule has 1 aromatic carbocycles. The highest BCUT2D eigenvalue weighted by Crippen LogP contribution is 2.22. The molecule has 0 aliphatic heterocycles. The highest BCUT2D eigenvalue weighted by molar-refractivity contribution is 9.10. The van der Waals surface area contributed by atoms with Crippen LogP contribution in [0, 0.1) is 10.1 Å². The van der Waals surface area contributed by atoms with Crippen molar-refractivity contribution in [3.63, 3.8) is 0 Å². The number of hydrogen-bond acceptors (Lipinski definition) is 4. The van der Waals surface area contributed by atoms with Crippen LogP contribution in [-0.4, -0.2) is 42.9 Å². The highest BCUT2D eigenvalue weighted by atomic mass is 79.9. The minimum atomic E-state index is -0.511. The first-order valence-corrected chi connectivity index (χ1v) is 6.60. The van der Waals surface area contributed by atoms with E-state index < -0.39 is 4.92 Å². The zero-order valence-corrected chi connectivity index (χ0v) is 12.4. The fraction of sp³-hybridized carbons (Fsp3) is 0.417. The molecular weight excluding hydrogens is 314 g/mol. The van der Waals surface area contributed by atoms with E-state index in [1.807, 2.05) is 7.05 Å². The van der Waals surface area contributed by atoms with Crippen molar-refractivity contribution in [2.45, 2.75) is 6.42 Å². The van der Waals surface area contributed by atoms with Crippen molar-refractivity contribution in [3.8, 4) is 0 Å². The fourth-order valence-electron chi connectivity index (χ4n) is 1.62. The van der Waals surface area contributed by atoms with Gasteiger partial charge >= 0.3 is 0 Å². The predicted octanol–water partition coefficient (Wildman–Crippen LogP) is 2.04. The number of nitro groups is 1. The summed E-state index contributed by atoms with van der Waals surface area (Å²) in [4.78, 5) is 23.9. The van der Waals surface area contributed by atoms with Gasteiger partial charge in [0.15, 0.2) is 0 Å². The lowest BCUT2D eigenvalue weighted by Crippen LogP contribution is -2.29. The molecule has 7 heteroatoms. The van der Waals surface area contributed by atoms with Crippen LogP contribution in [0.1, 0.15) is 16.8 Å². The molecule has 0 bridgehead atoms. The molecule has 1 aromatic rings. The molecule has 104 valence electrons. The number of amides is 1. The summed E-state index contributed by atoms with van der Waals surface area (Å²) in [7, 11) is 3.53. The second kappa shape index (κ2) is 7.20. The van der Waals surface area contributed by atoms with Crippen molar-refractivity contribution >= 4 is 27.5 Å². The van der Waals surface area contributed by atoms with Gasteiger partial charge < -0.3 is 10.2 Å². The van der Waals surface area contributed by atoms with E-state index in [1.165, 1.54) is 12.1 Å². The third-order valence-corrected chi connectivity index (χ3v) is 3.07. The summed E-state index contributed by atoms with van der Waals surface area (Å²) in [6.07, 6.45) is 0.828. The number of halogens is 1. The molecule has 0 heterocycles. The molecule has 19 heavy (non-hydrogen) atoms. The average molecular weight is 330 g/mol.